The van der Waals surface area contributed by atoms with Crippen molar-refractivity contribution < 1.29 is 9.31 Å². The van der Waals surface area contributed by atoms with Crippen LogP contribution in [-0.4, -0.2) is 23.3 Å². The van der Waals surface area contributed by atoms with Crippen molar-refractivity contribution in [2.45, 2.75) is 58.2 Å². The minimum Gasteiger partial charge on any atom is -0.399 e. The van der Waals surface area contributed by atoms with Gasteiger partial charge in [0, 0.05) is 22.6 Å². The fourth-order valence-corrected chi connectivity index (χ4v) is 4.67. The molecule has 0 N–H and O–H groups in total. The number of benzene rings is 2. The van der Waals surface area contributed by atoms with Gasteiger partial charge in [0.2, 0.25) is 0 Å². The van der Waals surface area contributed by atoms with Crippen molar-refractivity contribution in [3.05, 3.63) is 71.9 Å². The van der Waals surface area contributed by atoms with E-state index in [2.05, 4.69) is 90.1 Å². The molecule has 4 heteroatoms. The van der Waals surface area contributed by atoms with Crippen LogP contribution in [-0.2, 0) is 14.7 Å². The first kappa shape index (κ1) is 19.5. The molecule has 0 radical (unpaired) electrons. The molecule has 1 aliphatic heterocycles. The summed E-state index contributed by atoms with van der Waals surface area (Å²) in [6, 6.07) is 19.4. The third-order valence-electron chi connectivity index (χ3n) is 7.20. The Morgan fingerprint density at radius 3 is 2.13 bits per heavy atom. The van der Waals surface area contributed by atoms with E-state index in [9.17, 15) is 0 Å². The number of hydrogen-bond donors (Lipinski definition) is 0. The Morgan fingerprint density at radius 1 is 0.733 bits per heavy atom. The topological polar surface area (TPSA) is 31.4 Å². The fraction of sp³-hybridized carbons (Fsp3) is 0.346. The van der Waals surface area contributed by atoms with Gasteiger partial charge in [0.15, 0.2) is 0 Å². The maximum Gasteiger partial charge on any atom is 0.497 e. The molecule has 0 unspecified atom stereocenters. The summed E-state index contributed by atoms with van der Waals surface area (Å²) >= 11 is 0. The van der Waals surface area contributed by atoms with Gasteiger partial charge in [-0.05, 0) is 62.1 Å². The lowest BCUT2D eigenvalue weighted by Crippen LogP contribution is -2.41. The summed E-state index contributed by atoms with van der Waals surface area (Å²) in [5.41, 5.74) is 7.55. The summed E-state index contributed by atoms with van der Waals surface area (Å²) < 4.78 is 12.7. The molecule has 0 bridgehead atoms. The van der Waals surface area contributed by atoms with E-state index < -0.39 is 7.12 Å². The van der Waals surface area contributed by atoms with Crippen molar-refractivity contribution in [1.29, 1.82) is 0 Å². The fourth-order valence-electron chi connectivity index (χ4n) is 4.67. The molecule has 1 saturated heterocycles. The first-order chi connectivity index (χ1) is 14.1. The number of fused-ring (bicyclic) bond motifs is 3. The van der Waals surface area contributed by atoms with Crippen LogP contribution in [0.15, 0.2) is 60.8 Å². The molecule has 0 amide bonds. The Kier molecular flexibility index (Phi) is 4.09. The highest BCUT2D eigenvalue weighted by atomic mass is 16.7. The van der Waals surface area contributed by atoms with Gasteiger partial charge in [-0.1, -0.05) is 56.3 Å². The zero-order chi connectivity index (χ0) is 21.3. The van der Waals surface area contributed by atoms with Crippen molar-refractivity contribution in [2.75, 3.05) is 0 Å². The Labute approximate surface area is 179 Å². The maximum absolute atomic E-state index is 6.33. The van der Waals surface area contributed by atoms with Crippen LogP contribution in [0.2, 0.25) is 0 Å². The lowest BCUT2D eigenvalue weighted by molar-refractivity contribution is 0.00578. The number of hydrogen-bond acceptors (Lipinski definition) is 3. The standard InChI is InChI=1S/C26H28BNO2/c1-24(2)20-11-8-7-10-18(20)19-14-13-17(16-21(19)24)23-22(12-9-15-28-23)27-29-25(3,4)26(5,6)30-27/h7-16H,1-6H3. The van der Waals surface area contributed by atoms with Crippen LogP contribution in [0.4, 0.5) is 0 Å². The molecular weight excluding hydrogens is 369 g/mol. The SMILES string of the molecule is CC1(C)c2ccccc2-c2ccc(-c3ncccc3B3OC(C)(C)C(C)(C)O3)cc21. The molecule has 1 fully saturated rings. The summed E-state index contributed by atoms with van der Waals surface area (Å²) in [6.07, 6.45) is 1.84. The second-order valence-electron chi connectivity index (χ2n) is 9.96. The van der Waals surface area contributed by atoms with Gasteiger partial charge in [-0.2, -0.15) is 0 Å². The van der Waals surface area contributed by atoms with E-state index in [-0.39, 0.29) is 16.6 Å². The molecule has 1 aromatic heterocycles. The molecule has 2 heterocycles. The van der Waals surface area contributed by atoms with Gasteiger partial charge in [-0.15, -0.1) is 0 Å². The second-order valence-corrected chi connectivity index (χ2v) is 9.96. The van der Waals surface area contributed by atoms with Crippen molar-refractivity contribution in [1.82, 2.24) is 4.98 Å². The average molecular weight is 397 g/mol. The number of nitrogens with zero attached hydrogens (tertiary/aromatic N) is 1. The molecule has 152 valence electrons. The summed E-state index contributed by atoms with van der Waals surface area (Å²) in [6.45, 7) is 12.9. The highest BCUT2D eigenvalue weighted by Crippen LogP contribution is 2.49. The van der Waals surface area contributed by atoms with Gasteiger partial charge in [0.25, 0.3) is 0 Å². The molecule has 0 atom stereocenters. The maximum atomic E-state index is 6.33. The van der Waals surface area contributed by atoms with Crippen LogP contribution >= 0.6 is 0 Å². The van der Waals surface area contributed by atoms with E-state index in [4.69, 9.17) is 14.3 Å². The summed E-state index contributed by atoms with van der Waals surface area (Å²) in [5, 5.41) is 0. The Balaban J connectivity index is 1.61. The van der Waals surface area contributed by atoms with Gasteiger partial charge in [0.1, 0.15) is 0 Å². The molecule has 0 spiro atoms. The molecule has 0 saturated carbocycles. The van der Waals surface area contributed by atoms with Crippen molar-refractivity contribution in [3.8, 4) is 22.4 Å². The minimum absolute atomic E-state index is 0.0405. The van der Waals surface area contributed by atoms with Gasteiger partial charge in [0.05, 0.1) is 16.9 Å². The Hall–Kier alpha value is -2.43. The number of pyridine rings is 1. The molecule has 5 rings (SSSR count). The minimum atomic E-state index is -0.433. The molecule has 3 nitrogen and oxygen atoms in total. The second kappa shape index (κ2) is 6.29. The van der Waals surface area contributed by atoms with Crippen molar-refractivity contribution >= 4 is 12.6 Å². The van der Waals surface area contributed by atoms with E-state index in [0.29, 0.717) is 0 Å². The third-order valence-corrected chi connectivity index (χ3v) is 7.20. The summed E-state index contributed by atoms with van der Waals surface area (Å²) in [4.78, 5) is 4.75. The third kappa shape index (κ3) is 2.70. The van der Waals surface area contributed by atoms with Gasteiger partial charge >= 0.3 is 7.12 Å². The number of aromatic nitrogens is 1. The van der Waals surface area contributed by atoms with E-state index in [1.807, 2.05) is 12.3 Å². The first-order valence-electron chi connectivity index (χ1n) is 10.7. The van der Waals surface area contributed by atoms with Crippen LogP contribution in [0.25, 0.3) is 22.4 Å². The molecule has 30 heavy (non-hydrogen) atoms. The molecule has 1 aliphatic carbocycles. The van der Waals surface area contributed by atoms with E-state index in [0.717, 1.165) is 16.7 Å². The highest BCUT2D eigenvalue weighted by molar-refractivity contribution is 6.63. The van der Waals surface area contributed by atoms with E-state index in [1.54, 1.807) is 0 Å². The first-order valence-corrected chi connectivity index (χ1v) is 10.7. The molecule has 2 aromatic carbocycles. The average Bonchev–Trinajstić information content (AvgIpc) is 3.08. The van der Waals surface area contributed by atoms with Gasteiger partial charge in [-0.3, -0.25) is 4.98 Å². The zero-order valence-electron chi connectivity index (χ0n) is 18.6. The molecular formula is C26H28BNO2. The predicted octanol–water partition coefficient (Wildman–Crippen LogP) is 5.35. The van der Waals surface area contributed by atoms with Gasteiger partial charge < -0.3 is 9.31 Å². The Bertz CT molecular complexity index is 1130. The molecule has 3 aromatic rings. The summed E-state index contributed by atoms with van der Waals surface area (Å²) in [5.74, 6) is 0. The van der Waals surface area contributed by atoms with Crippen LogP contribution in [0.1, 0.15) is 52.7 Å². The predicted molar refractivity (Wildman–Crippen MR) is 123 cm³/mol. The molecule has 2 aliphatic rings. The number of rotatable bonds is 2. The van der Waals surface area contributed by atoms with E-state index in [1.165, 1.54) is 22.3 Å². The summed E-state index contributed by atoms with van der Waals surface area (Å²) in [7, 11) is -0.433. The van der Waals surface area contributed by atoms with Gasteiger partial charge in [-0.25, -0.2) is 0 Å². The lowest BCUT2D eigenvalue weighted by Gasteiger charge is -2.32. The monoisotopic (exact) mass is 397 g/mol. The highest BCUT2D eigenvalue weighted by Gasteiger charge is 2.52. The van der Waals surface area contributed by atoms with Crippen LogP contribution < -0.4 is 5.46 Å². The van der Waals surface area contributed by atoms with Crippen LogP contribution in [0, 0.1) is 0 Å². The smallest absolute Gasteiger partial charge is 0.399 e. The normalized spacial score (nSPS) is 20.1. The zero-order valence-corrected chi connectivity index (χ0v) is 18.6. The lowest BCUT2D eigenvalue weighted by atomic mass is 9.75. The van der Waals surface area contributed by atoms with Crippen molar-refractivity contribution in [3.63, 3.8) is 0 Å². The van der Waals surface area contributed by atoms with E-state index >= 15 is 0 Å². The van der Waals surface area contributed by atoms with Crippen LogP contribution in [0.3, 0.4) is 0 Å². The quantitative estimate of drug-likeness (QED) is 0.546. The van der Waals surface area contributed by atoms with Crippen LogP contribution in [0.5, 0.6) is 0 Å². The Morgan fingerprint density at radius 2 is 1.40 bits per heavy atom. The van der Waals surface area contributed by atoms with Crippen molar-refractivity contribution in [2.24, 2.45) is 0 Å². The largest absolute Gasteiger partial charge is 0.497 e.